The standard InChI is InChI=1S/C20H22ClN7O3/c21-12-2-3-14-15(10-12)27(11-23-14)19-25-17(22-6-1-7-29)16-18(26-19)28(20(30)24-16)13-4-8-31-9-5-13/h2-3,10-11,13,29H,1,4-9H2,(H,24,30)(H,22,25,26). The van der Waals surface area contributed by atoms with Gasteiger partial charge in [-0.3, -0.25) is 9.13 Å². The summed E-state index contributed by atoms with van der Waals surface area (Å²) < 4.78 is 8.92. The van der Waals surface area contributed by atoms with Crippen molar-refractivity contribution in [2.24, 2.45) is 0 Å². The number of imidazole rings is 2. The first-order chi connectivity index (χ1) is 15.2. The molecule has 0 saturated carbocycles. The number of hydrogen-bond donors (Lipinski definition) is 3. The van der Waals surface area contributed by atoms with Crippen LogP contribution in [0.3, 0.4) is 0 Å². The molecule has 0 radical (unpaired) electrons. The number of aliphatic hydroxyl groups excluding tert-OH is 1. The van der Waals surface area contributed by atoms with E-state index in [1.165, 1.54) is 0 Å². The number of aromatic amines is 1. The van der Waals surface area contributed by atoms with Crippen molar-refractivity contribution >= 4 is 39.6 Å². The summed E-state index contributed by atoms with van der Waals surface area (Å²) in [6.07, 6.45) is 3.67. The minimum Gasteiger partial charge on any atom is -0.396 e. The Morgan fingerprint density at radius 3 is 2.94 bits per heavy atom. The molecule has 4 heterocycles. The number of rotatable bonds is 6. The molecule has 0 spiro atoms. The number of fused-ring (bicyclic) bond motifs is 2. The number of H-pyrrole nitrogens is 1. The molecule has 0 aliphatic carbocycles. The first kappa shape index (κ1) is 20.0. The van der Waals surface area contributed by atoms with Crippen molar-refractivity contribution in [3.05, 3.63) is 40.0 Å². The van der Waals surface area contributed by atoms with Gasteiger partial charge in [0.2, 0.25) is 5.95 Å². The van der Waals surface area contributed by atoms with Gasteiger partial charge in [0.05, 0.1) is 11.0 Å². The average molecular weight is 444 g/mol. The molecule has 0 atom stereocenters. The maximum absolute atomic E-state index is 12.9. The Morgan fingerprint density at radius 2 is 2.13 bits per heavy atom. The van der Waals surface area contributed by atoms with Crippen molar-refractivity contribution in [3.63, 3.8) is 0 Å². The molecule has 5 rings (SSSR count). The fourth-order valence-electron chi connectivity index (χ4n) is 3.93. The van der Waals surface area contributed by atoms with Crippen LogP contribution >= 0.6 is 11.6 Å². The van der Waals surface area contributed by atoms with Crippen LogP contribution in [0.1, 0.15) is 25.3 Å². The van der Waals surface area contributed by atoms with Crippen molar-refractivity contribution in [3.8, 4) is 5.95 Å². The van der Waals surface area contributed by atoms with Gasteiger partial charge in [-0.05, 0) is 37.5 Å². The molecule has 1 aromatic carbocycles. The lowest BCUT2D eigenvalue weighted by Crippen LogP contribution is -2.27. The monoisotopic (exact) mass is 443 g/mol. The molecular weight excluding hydrogens is 422 g/mol. The highest BCUT2D eigenvalue weighted by molar-refractivity contribution is 6.31. The van der Waals surface area contributed by atoms with Gasteiger partial charge in [0.25, 0.3) is 0 Å². The summed E-state index contributed by atoms with van der Waals surface area (Å²) in [6.45, 7) is 1.77. The summed E-state index contributed by atoms with van der Waals surface area (Å²) in [5, 5.41) is 12.9. The molecule has 3 aromatic heterocycles. The normalized spacial score (nSPS) is 15.2. The highest BCUT2D eigenvalue weighted by Gasteiger charge is 2.24. The van der Waals surface area contributed by atoms with Gasteiger partial charge in [-0.1, -0.05) is 11.6 Å². The number of halogens is 1. The second-order valence-electron chi connectivity index (χ2n) is 7.47. The molecule has 1 aliphatic heterocycles. The van der Waals surface area contributed by atoms with Gasteiger partial charge >= 0.3 is 5.69 Å². The summed E-state index contributed by atoms with van der Waals surface area (Å²) in [5.41, 5.74) is 2.37. The predicted molar refractivity (Wildman–Crippen MR) is 117 cm³/mol. The largest absolute Gasteiger partial charge is 0.396 e. The van der Waals surface area contributed by atoms with Gasteiger partial charge < -0.3 is 20.1 Å². The maximum atomic E-state index is 12.9. The summed E-state index contributed by atoms with van der Waals surface area (Å²) >= 11 is 6.20. The molecular formula is C20H22ClN7O3. The van der Waals surface area contributed by atoms with Crippen LogP contribution < -0.4 is 11.0 Å². The number of nitrogens with one attached hydrogen (secondary N) is 2. The number of hydrogen-bond acceptors (Lipinski definition) is 7. The number of ether oxygens (including phenoxy) is 1. The first-order valence-electron chi connectivity index (χ1n) is 10.2. The lowest BCUT2D eigenvalue weighted by molar-refractivity contribution is 0.0697. The molecule has 1 saturated heterocycles. The van der Waals surface area contributed by atoms with E-state index >= 15 is 0 Å². The lowest BCUT2D eigenvalue weighted by atomic mass is 10.1. The Kier molecular flexibility index (Phi) is 5.34. The Morgan fingerprint density at radius 1 is 1.29 bits per heavy atom. The van der Waals surface area contributed by atoms with Crippen LogP contribution in [0.5, 0.6) is 0 Å². The van der Waals surface area contributed by atoms with Crippen LogP contribution in [-0.4, -0.2) is 60.5 Å². The van der Waals surface area contributed by atoms with Gasteiger partial charge in [-0.25, -0.2) is 9.78 Å². The second kappa shape index (κ2) is 8.29. The third-order valence-electron chi connectivity index (χ3n) is 5.47. The fourth-order valence-corrected chi connectivity index (χ4v) is 4.10. The highest BCUT2D eigenvalue weighted by atomic mass is 35.5. The number of benzene rings is 1. The van der Waals surface area contributed by atoms with Crippen molar-refractivity contribution in [2.45, 2.75) is 25.3 Å². The van der Waals surface area contributed by atoms with Gasteiger partial charge in [0.1, 0.15) is 11.8 Å². The predicted octanol–water partition coefficient (Wildman–Crippen LogP) is 2.26. The molecule has 10 nitrogen and oxygen atoms in total. The third kappa shape index (κ3) is 3.67. The van der Waals surface area contributed by atoms with E-state index in [-0.39, 0.29) is 18.3 Å². The minimum atomic E-state index is -0.225. The topological polar surface area (TPSA) is 123 Å². The number of nitrogens with zero attached hydrogens (tertiary/aromatic N) is 5. The lowest BCUT2D eigenvalue weighted by Gasteiger charge is -2.23. The van der Waals surface area contributed by atoms with Crippen LogP contribution in [0.15, 0.2) is 29.3 Å². The third-order valence-corrected chi connectivity index (χ3v) is 5.70. The van der Waals surface area contributed by atoms with Gasteiger partial charge in [-0.2, -0.15) is 9.97 Å². The zero-order valence-electron chi connectivity index (χ0n) is 16.7. The molecule has 0 unspecified atom stereocenters. The van der Waals surface area contributed by atoms with Crippen molar-refractivity contribution in [1.29, 1.82) is 0 Å². The zero-order chi connectivity index (χ0) is 21.4. The molecule has 0 amide bonds. The fraction of sp³-hybridized carbons (Fsp3) is 0.400. The van der Waals surface area contributed by atoms with E-state index in [0.29, 0.717) is 54.1 Å². The van der Waals surface area contributed by atoms with Gasteiger partial charge in [0, 0.05) is 37.4 Å². The molecule has 11 heteroatoms. The summed E-state index contributed by atoms with van der Waals surface area (Å²) in [6, 6.07) is 5.42. The van der Waals surface area contributed by atoms with Crippen LogP contribution in [-0.2, 0) is 4.74 Å². The molecule has 31 heavy (non-hydrogen) atoms. The average Bonchev–Trinajstić information content (AvgIpc) is 3.34. The summed E-state index contributed by atoms with van der Waals surface area (Å²) in [4.78, 5) is 29.6. The van der Waals surface area contributed by atoms with Crippen molar-refractivity contribution < 1.29 is 9.84 Å². The number of aromatic nitrogens is 6. The van der Waals surface area contributed by atoms with E-state index in [4.69, 9.17) is 26.4 Å². The van der Waals surface area contributed by atoms with Gasteiger partial charge in [0.15, 0.2) is 11.5 Å². The van der Waals surface area contributed by atoms with E-state index in [2.05, 4.69) is 20.3 Å². The van der Waals surface area contributed by atoms with E-state index in [9.17, 15) is 4.79 Å². The molecule has 162 valence electrons. The molecule has 0 bridgehead atoms. The van der Waals surface area contributed by atoms with Crippen LogP contribution in [0, 0.1) is 0 Å². The number of anilines is 1. The molecule has 1 aliphatic rings. The van der Waals surface area contributed by atoms with Crippen molar-refractivity contribution in [2.75, 3.05) is 31.7 Å². The quantitative estimate of drug-likeness (QED) is 0.390. The summed E-state index contributed by atoms with van der Waals surface area (Å²) in [5.74, 6) is 0.879. The van der Waals surface area contributed by atoms with Crippen LogP contribution in [0.4, 0.5) is 5.82 Å². The summed E-state index contributed by atoms with van der Waals surface area (Å²) in [7, 11) is 0. The van der Waals surface area contributed by atoms with E-state index in [1.807, 2.05) is 6.07 Å². The van der Waals surface area contributed by atoms with E-state index in [1.54, 1.807) is 27.6 Å². The minimum absolute atomic E-state index is 0.00276. The Labute approximate surface area is 181 Å². The van der Waals surface area contributed by atoms with Crippen LogP contribution in [0.25, 0.3) is 28.1 Å². The Bertz CT molecular complexity index is 1290. The second-order valence-corrected chi connectivity index (χ2v) is 7.90. The SMILES string of the molecule is O=c1[nH]c2c(NCCCO)nc(-n3cnc4ccc(Cl)cc43)nc2n1C1CCOCC1. The molecule has 4 aromatic rings. The molecule has 3 N–H and O–H groups in total. The van der Waals surface area contributed by atoms with Gasteiger partial charge in [-0.15, -0.1) is 0 Å². The van der Waals surface area contributed by atoms with Crippen molar-refractivity contribution in [1.82, 2.24) is 29.1 Å². The smallest absolute Gasteiger partial charge is 0.328 e. The highest BCUT2D eigenvalue weighted by Crippen LogP contribution is 2.27. The Balaban J connectivity index is 1.70. The molecule has 1 fully saturated rings. The maximum Gasteiger partial charge on any atom is 0.328 e. The first-order valence-corrected chi connectivity index (χ1v) is 10.6. The van der Waals surface area contributed by atoms with E-state index in [0.717, 1.165) is 23.9 Å². The van der Waals surface area contributed by atoms with E-state index < -0.39 is 0 Å². The number of aliphatic hydroxyl groups is 1. The zero-order valence-corrected chi connectivity index (χ0v) is 17.5. The Hall–Kier alpha value is -2.95. The van der Waals surface area contributed by atoms with Crippen LogP contribution in [0.2, 0.25) is 5.02 Å².